The highest BCUT2D eigenvalue weighted by Gasteiger charge is 2.18. The Morgan fingerprint density at radius 3 is 2.69 bits per heavy atom. The molecule has 0 bridgehead atoms. The molecule has 1 amide bonds. The van der Waals surface area contributed by atoms with Crippen molar-refractivity contribution in [1.29, 1.82) is 0 Å². The van der Waals surface area contributed by atoms with Crippen molar-refractivity contribution in [1.82, 2.24) is 14.9 Å². The van der Waals surface area contributed by atoms with Crippen molar-refractivity contribution in [3.63, 3.8) is 0 Å². The van der Waals surface area contributed by atoms with Gasteiger partial charge in [-0.15, -0.1) is 0 Å². The van der Waals surface area contributed by atoms with Crippen LogP contribution in [0.3, 0.4) is 0 Å². The van der Waals surface area contributed by atoms with Crippen molar-refractivity contribution in [2.75, 3.05) is 13.7 Å². The first kappa shape index (κ1) is 20.6. The van der Waals surface area contributed by atoms with E-state index in [4.69, 9.17) is 10.5 Å². The number of carbonyl (C=O) groups is 1. The van der Waals surface area contributed by atoms with Crippen LogP contribution in [0.1, 0.15) is 22.9 Å². The van der Waals surface area contributed by atoms with Crippen LogP contribution in [-0.2, 0) is 17.8 Å². The summed E-state index contributed by atoms with van der Waals surface area (Å²) in [4.78, 5) is 16.7. The standard InChI is InChI=1S/C22H26N4O3/c1-29-21-10-6-5-9-18(21)20(27)12-24-22(28)19(23)11-17-14-26(15-25-17)13-16-7-3-2-4-8-16/h2-10,14-15,19-20,27H,11-13,23H2,1H3,(H,24,28)/t19-,20?/m0/s1. The normalized spacial score (nSPS) is 12.9. The number of para-hydroxylation sites is 1. The fraction of sp³-hybridized carbons (Fsp3) is 0.273. The van der Waals surface area contributed by atoms with Gasteiger partial charge in [0.2, 0.25) is 5.91 Å². The lowest BCUT2D eigenvalue weighted by Crippen LogP contribution is -2.43. The van der Waals surface area contributed by atoms with E-state index in [0.717, 1.165) is 5.69 Å². The number of imidazole rings is 1. The van der Waals surface area contributed by atoms with Gasteiger partial charge in [-0.2, -0.15) is 0 Å². The van der Waals surface area contributed by atoms with Crippen LogP contribution in [-0.4, -0.2) is 40.3 Å². The van der Waals surface area contributed by atoms with Crippen LogP contribution in [0.25, 0.3) is 0 Å². The Kier molecular flexibility index (Phi) is 6.99. The van der Waals surface area contributed by atoms with Crippen LogP contribution in [0.4, 0.5) is 0 Å². The van der Waals surface area contributed by atoms with E-state index in [2.05, 4.69) is 10.3 Å². The monoisotopic (exact) mass is 394 g/mol. The second-order valence-electron chi connectivity index (χ2n) is 6.84. The van der Waals surface area contributed by atoms with Crippen molar-refractivity contribution in [2.45, 2.75) is 25.1 Å². The summed E-state index contributed by atoms with van der Waals surface area (Å²) in [6, 6.07) is 16.5. The molecular formula is C22H26N4O3. The van der Waals surface area contributed by atoms with Crippen molar-refractivity contribution < 1.29 is 14.6 Å². The molecule has 2 atom stereocenters. The number of hydrogen-bond acceptors (Lipinski definition) is 5. The lowest BCUT2D eigenvalue weighted by molar-refractivity contribution is -0.122. The van der Waals surface area contributed by atoms with Gasteiger partial charge in [0.05, 0.1) is 31.3 Å². The molecule has 7 nitrogen and oxygen atoms in total. The summed E-state index contributed by atoms with van der Waals surface area (Å²) in [5.41, 5.74) is 8.55. The first-order chi connectivity index (χ1) is 14.1. The summed E-state index contributed by atoms with van der Waals surface area (Å²) < 4.78 is 7.20. The molecule has 0 fully saturated rings. The molecule has 29 heavy (non-hydrogen) atoms. The molecule has 0 aliphatic carbocycles. The SMILES string of the molecule is COc1ccccc1C(O)CNC(=O)[C@@H](N)Cc1cn(Cc2ccccc2)cn1. The van der Waals surface area contributed by atoms with Gasteiger partial charge in [0.15, 0.2) is 0 Å². The largest absolute Gasteiger partial charge is 0.496 e. The molecule has 7 heteroatoms. The second kappa shape index (κ2) is 9.86. The zero-order valence-electron chi connectivity index (χ0n) is 16.4. The number of benzene rings is 2. The topological polar surface area (TPSA) is 102 Å². The molecule has 0 aliphatic rings. The molecule has 4 N–H and O–H groups in total. The van der Waals surface area contributed by atoms with E-state index in [0.29, 0.717) is 24.3 Å². The van der Waals surface area contributed by atoms with Crippen molar-refractivity contribution >= 4 is 5.91 Å². The van der Waals surface area contributed by atoms with Gasteiger partial charge >= 0.3 is 0 Å². The summed E-state index contributed by atoms with van der Waals surface area (Å²) in [5, 5.41) is 13.0. The third-order valence-electron chi connectivity index (χ3n) is 4.63. The predicted octanol–water partition coefficient (Wildman–Crippen LogP) is 1.66. The molecule has 0 saturated carbocycles. The maximum atomic E-state index is 12.3. The van der Waals surface area contributed by atoms with E-state index >= 15 is 0 Å². The van der Waals surface area contributed by atoms with Crippen LogP contribution < -0.4 is 15.8 Å². The van der Waals surface area contributed by atoms with Crippen molar-refractivity contribution in [3.8, 4) is 5.75 Å². The Bertz CT molecular complexity index is 927. The summed E-state index contributed by atoms with van der Waals surface area (Å²) in [6.07, 6.45) is 3.06. The number of aliphatic hydroxyl groups is 1. The number of methoxy groups -OCH3 is 1. The maximum Gasteiger partial charge on any atom is 0.237 e. The van der Waals surface area contributed by atoms with Crippen LogP contribution in [0.2, 0.25) is 0 Å². The Labute approximate surface area is 170 Å². The van der Waals surface area contributed by atoms with E-state index in [1.807, 2.05) is 47.2 Å². The molecule has 0 aliphatic heterocycles. The number of nitrogens with zero attached hydrogens (tertiary/aromatic N) is 2. The van der Waals surface area contributed by atoms with Crippen molar-refractivity contribution in [2.24, 2.45) is 5.73 Å². The van der Waals surface area contributed by atoms with Gasteiger partial charge in [-0.3, -0.25) is 4.79 Å². The summed E-state index contributed by atoms with van der Waals surface area (Å²) in [6.45, 7) is 0.760. The van der Waals surface area contributed by atoms with E-state index in [1.54, 1.807) is 24.5 Å². The van der Waals surface area contributed by atoms with Gasteiger partial charge in [0.25, 0.3) is 0 Å². The fourth-order valence-electron chi connectivity index (χ4n) is 3.09. The minimum Gasteiger partial charge on any atom is -0.496 e. The summed E-state index contributed by atoms with van der Waals surface area (Å²) >= 11 is 0. The number of hydrogen-bond donors (Lipinski definition) is 3. The minimum absolute atomic E-state index is 0.0509. The third-order valence-corrected chi connectivity index (χ3v) is 4.63. The number of nitrogens with one attached hydrogen (secondary N) is 1. The smallest absolute Gasteiger partial charge is 0.237 e. The number of nitrogens with two attached hydrogens (primary N) is 1. The molecule has 3 aromatic rings. The Balaban J connectivity index is 1.50. The van der Waals surface area contributed by atoms with Crippen molar-refractivity contribution in [3.05, 3.63) is 83.9 Å². The summed E-state index contributed by atoms with van der Waals surface area (Å²) in [7, 11) is 1.54. The minimum atomic E-state index is -0.882. The molecule has 152 valence electrons. The average molecular weight is 394 g/mol. The number of rotatable bonds is 9. The fourth-order valence-corrected chi connectivity index (χ4v) is 3.09. The van der Waals surface area contributed by atoms with E-state index in [1.165, 1.54) is 12.7 Å². The Hall–Kier alpha value is -3.16. The molecule has 0 saturated heterocycles. The quantitative estimate of drug-likeness (QED) is 0.512. The molecule has 1 heterocycles. The highest BCUT2D eigenvalue weighted by Crippen LogP contribution is 2.24. The molecule has 3 rings (SSSR count). The average Bonchev–Trinajstić information content (AvgIpc) is 3.18. The zero-order valence-corrected chi connectivity index (χ0v) is 16.4. The van der Waals surface area contributed by atoms with Gasteiger partial charge in [-0.05, 0) is 11.6 Å². The predicted molar refractivity (Wildman–Crippen MR) is 110 cm³/mol. The lowest BCUT2D eigenvalue weighted by atomic mass is 10.1. The number of aromatic nitrogens is 2. The maximum absolute atomic E-state index is 12.3. The summed E-state index contributed by atoms with van der Waals surface area (Å²) in [5.74, 6) is 0.235. The highest BCUT2D eigenvalue weighted by atomic mass is 16.5. The Morgan fingerprint density at radius 1 is 1.21 bits per heavy atom. The first-order valence-corrected chi connectivity index (χ1v) is 9.45. The number of aliphatic hydroxyl groups excluding tert-OH is 1. The van der Waals surface area contributed by atoms with Gasteiger partial charge in [-0.25, -0.2) is 4.98 Å². The van der Waals surface area contributed by atoms with Crippen LogP contribution in [0.15, 0.2) is 67.1 Å². The van der Waals surface area contributed by atoms with E-state index < -0.39 is 12.1 Å². The van der Waals surface area contributed by atoms with E-state index in [9.17, 15) is 9.90 Å². The molecule has 1 aromatic heterocycles. The molecule has 0 spiro atoms. The van der Waals surface area contributed by atoms with Gasteiger partial charge in [-0.1, -0.05) is 48.5 Å². The number of ether oxygens (including phenoxy) is 1. The highest BCUT2D eigenvalue weighted by molar-refractivity contribution is 5.81. The number of amides is 1. The molecular weight excluding hydrogens is 368 g/mol. The van der Waals surface area contributed by atoms with Gasteiger partial charge < -0.3 is 25.5 Å². The van der Waals surface area contributed by atoms with Crippen LogP contribution in [0.5, 0.6) is 5.75 Å². The zero-order chi connectivity index (χ0) is 20.6. The van der Waals surface area contributed by atoms with Crippen LogP contribution >= 0.6 is 0 Å². The van der Waals surface area contributed by atoms with Gasteiger partial charge in [0, 0.05) is 31.3 Å². The van der Waals surface area contributed by atoms with Crippen LogP contribution in [0, 0.1) is 0 Å². The molecule has 1 unspecified atom stereocenters. The lowest BCUT2D eigenvalue weighted by Gasteiger charge is -2.17. The van der Waals surface area contributed by atoms with E-state index in [-0.39, 0.29) is 12.5 Å². The number of carbonyl (C=O) groups excluding carboxylic acids is 1. The third kappa shape index (κ3) is 5.66. The Morgan fingerprint density at radius 2 is 1.93 bits per heavy atom. The molecule has 2 aromatic carbocycles. The second-order valence-corrected chi connectivity index (χ2v) is 6.84. The van der Waals surface area contributed by atoms with Gasteiger partial charge in [0.1, 0.15) is 5.75 Å². The molecule has 0 radical (unpaired) electrons. The first-order valence-electron chi connectivity index (χ1n) is 9.45.